The predicted molar refractivity (Wildman–Crippen MR) is 122 cm³/mol. The third-order valence-corrected chi connectivity index (χ3v) is 6.29. The summed E-state index contributed by atoms with van der Waals surface area (Å²) in [5, 5.41) is 22.3. The van der Waals surface area contributed by atoms with Gasteiger partial charge < -0.3 is 5.11 Å². The van der Waals surface area contributed by atoms with Gasteiger partial charge in [-0.2, -0.15) is 0 Å². The number of nitro benzene ring substituents is 1. The van der Waals surface area contributed by atoms with Gasteiger partial charge in [-0.05, 0) is 17.7 Å². The first-order chi connectivity index (χ1) is 16.0. The number of anilines is 1. The first kappa shape index (κ1) is 20.5. The van der Waals surface area contributed by atoms with Crippen LogP contribution in [0.1, 0.15) is 17.2 Å². The van der Waals surface area contributed by atoms with E-state index in [0.29, 0.717) is 21.3 Å². The molecule has 162 valence electrons. The van der Waals surface area contributed by atoms with Gasteiger partial charge in [0.1, 0.15) is 5.76 Å². The second-order valence-corrected chi connectivity index (χ2v) is 8.24. The lowest BCUT2D eigenvalue weighted by atomic mass is 9.96. The van der Waals surface area contributed by atoms with Gasteiger partial charge in [-0.25, -0.2) is 4.98 Å². The van der Waals surface area contributed by atoms with Gasteiger partial charge in [-0.15, -0.1) is 0 Å². The molecule has 1 saturated heterocycles. The van der Waals surface area contributed by atoms with E-state index in [9.17, 15) is 24.8 Å². The fourth-order valence-electron chi connectivity index (χ4n) is 3.75. The lowest BCUT2D eigenvalue weighted by Gasteiger charge is -2.22. The molecule has 1 N–H and O–H groups in total. The number of Topliss-reactive ketones (excluding diaryl/α,β-unsaturated/α-hetero) is 1. The lowest BCUT2D eigenvalue weighted by molar-refractivity contribution is -0.384. The number of rotatable bonds is 4. The number of amides is 1. The number of ketones is 1. The molecular weight excluding hydrogens is 444 g/mol. The average molecular weight is 458 g/mol. The highest BCUT2D eigenvalue weighted by Gasteiger charge is 2.48. The van der Waals surface area contributed by atoms with E-state index in [2.05, 4.69) is 9.97 Å². The van der Waals surface area contributed by atoms with Crippen molar-refractivity contribution in [1.82, 2.24) is 9.97 Å². The Bertz CT molecular complexity index is 1450. The summed E-state index contributed by atoms with van der Waals surface area (Å²) in [4.78, 5) is 46.6. The zero-order valence-corrected chi connectivity index (χ0v) is 17.6. The van der Waals surface area contributed by atoms with E-state index in [4.69, 9.17) is 0 Å². The molecule has 1 amide bonds. The number of thiazole rings is 1. The van der Waals surface area contributed by atoms with E-state index in [1.165, 1.54) is 29.3 Å². The summed E-state index contributed by atoms with van der Waals surface area (Å²) in [6, 6.07) is 15.1. The highest BCUT2D eigenvalue weighted by molar-refractivity contribution is 7.22. The van der Waals surface area contributed by atoms with Crippen LogP contribution in [0.4, 0.5) is 10.8 Å². The Balaban J connectivity index is 1.71. The number of hydrogen-bond donors (Lipinski definition) is 1. The largest absolute Gasteiger partial charge is 0.507 e. The number of nitro groups is 1. The zero-order chi connectivity index (χ0) is 23.1. The summed E-state index contributed by atoms with van der Waals surface area (Å²) in [5.74, 6) is -2.01. The monoisotopic (exact) mass is 458 g/mol. The Labute approximate surface area is 190 Å². The van der Waals surface area contributed by atoms with Gasteiger partial charge in [0, 0.05) is 30.1 Å². The van der Waals surface area contributed by atoms with Crippen LogP contribution in [0.3, 0.4) is 0 Å². The maximum absolute atomic E-state index is 13.2. The summed E-state index contributed by atoms with van der Waals surface area (Å²) >= 11 is 1.05. The number of fused-ring (bicyclic) bond motifs is 1. The van der Waals surface area contributed by atoms with Crippen molar-refractivity contribution in [3.8, 4) is 0 Å². The molecule has 4 aromatic rings. The van der Waals surface area contributed by atoms with E-state index >= 15 is 0 Å². The number of nitrogens with zero attached hydrogens (tertiary/aromatic N) is 4. The average Bonchev–Trinajstić information content (AvgIpc) is 3.37. The van der Waals surface area contributed by atoms with Crippen LogP contribution in [0, 0.1) is 10.1 Å². The van der Waals surface area contributed by atoms with Crippen LogP contribution in [0.25, 0.3) is 16.0 Å². The number of carbonyl (C=O) groups is 2. The second kappa shape index (κ2) is 7.92. The van der Waals surface area contributed by atoms with E-state index in [1.807, 2.05) is 0 Å². The Morgan fingerprint density at radius 1 is 1.09 bits per heavy atom. The minimum absolute atomic E-state index is 0.0792. The lowest BCUT2D eigenvalue weighted by Crippen LogP contribution is -2.29. The summed E-state index contributed by atoms with van der Waals surface area (Å²) in [7, 11) is 0. The Hall–Kier alpha value is -4.44. The standard InChI is InChI=1S/C23H14N4O5S/c28-20(13-5-2-1-3-6-13)18-19(14-7-4-10-24-12-14)26(22(30)21(18)29)23-25-16-9-8-15(27(31)32)11-17(16)33-23/h1-12,19,28H/b20-18+. The van der Waals surface area contributed by atoms with Gasteiger partial charge in [0.2, 0.25) is 0 Å². The van der Waals surface area contributed by atoms with Crippen molar-refractivity contribution >= 4 is 49.8 Å². The molecule has 0 spiro atoms. The number of aliphatic hydroxyl groups is 1. The molecule has 1 unspecified atom stereocenters. The maximum Gasteiger partial charge on any atom is 0.301 e. The SMILES string of the molecule is O=C1C(=O)N(c2nc3ccc([N+](=O)[O-])cc3s2)C(c2cccnc2)/C1=C(\O)c1ccccc1. The Kier molecular flexibility index (Phi) is 4.91. The normalized spacial score (nSPS) is 17.6. The molecule has 3 heterocycles. The van der Waals surface area contributed by atoms with Gasteiger partial charge in [-0.3, -0.25) is 29.6 Å². The van der Waals surface area contributed by atoms with Crippen molar-refractivity contribution in [1.29, 1.82) is 0 Å². The topological polar surface area (TPSA) is 127 Å². The number of carbonyl (C=O) groups excluding carboxylic acids is 2. The molecule has 10 heteroatoms. The predicted octanol–water partition coefficient (Wildman–Crippen LogP) is 4.23. The number of aliphatic hydroxyl groups excluding tert-OH is 1. The van der Waals surface area contributed by atoms with Crippen LogP contribution >= 0.6 is 11.3 Å². The quantitative estimate of drug-likeness (QED) is 0.159. The fourth-order valence-corrected chi connectivity index (χ4v) is 4.78. The molecule has 33 heavy (non-hydrogen) atoms. The van der Waals surface area contributed by atoms with Gasteiger partial charge in [0.25, 0.3) is 11.5 Å². The summed E-state index contributed by atoms with van der Waals surface area (Å²) in [6.07, 6.45) is 3.07. The van der Waals surface area contributed by atoms with Crippen molar-refractivity contribution in [2.24, 2.45) is 0 Å². The van der Waals surface area contributed by atoms with Crippen LogP contribution in [-0.2, 0) is 9.59 Å². The van der Waals surface area contributed by atoms with Gasteiger partial charge in [-0.1, -0.05) is 47.7 Å². The number of aromatic nitrogens is 2. The number of pyridine rings is 1. The molecule has 2 aromatic heterocycles. The molecule has 1 aliphatic heterocycles. The van der Waals surface area contributed by atoms with Crippen LogP contribution in [0.15, 0.2) is 78.6 Å². The van der Waals surface area contributed by atoms with E-state index < -0.39 is 22.7 Å². The molecule has 0 radical (unpaired) electrons. The highest BCUT2D eigenvalue weighted by atomic mass is 32.1. The first-order valence-corrected chi connectivity index (χ1v) is 10.6. The molecule has 9 nitrogen and oxygen atoms in total. The minimum Gasteiger partial charge on any atom is -0.507 e. The van der Waals surface area contributed by atoms with Crippen molar-refractivity contribution in [3.63, 3.8) is 0 Å². The van der Waals surface area contributed by atoms with E-state index in [0.717, 1.165) is 11.3 Å². The van der Waals surface area contributed by atoms with Crippen molar-refractivity contribution in [2.75, 3.05) is 4.90 Å². The molecule has 1 aliphatic rings. The molecule has 0 bridgehead atoms. The van der Waals surface area contributed by atoms with E-state index in [-0.39, 0.29) is 22.2 Å². The minimum atomic E-state index is -0.963. The van der Waals surface area contributed by atoms with Crippen LogP contribution in [0.2, 0.25) is 0 Å². The number of hydrogen-bond acceptors (Lipinski definition) is 8. The Morgan fingerprint density at radius 2 is 1.88 bits per heavy atom. The number of non-ortho nitro benzene ring substituents is 1. The molecular formula is C23H14N4O5S. The second-order valence-electron chi connectivity index (χ2n) is 7.23. The van der Waals surface area contributed by atoms with Crippen LogP contribution in [-0.4, -0.2) is 31.7 Å². The summed E-state index contributed by atoms with van der Waals surface area (Å²) in [6.45, 7) is 0. The van der Waals surface area contributed by atoms with Gasteiger partial charge >= 0.3 is 5.91 Å². The third-order valence-electron chi connectivity index (χ3n) is 5.27. The van der Waals surface area contributed by atoms with Gasteiger partial charge in [0.05, 0.1) is 26.8 Å². The van der Waals surface area contributed by atoms with E-state index in [1.54, 1.807) is 48.7 Å². The molecule has 1 fully saturated rings. The maximum atomic E-state index is 13.2. The summed E-state index contributed by atoms with van der Waals surface area (Å²) < 4.78 is 0.495. The number of benzene rings is 2. The van der Waals surface area contributed by atoms with Crippen LogP contribution in [0.5, 0.6) is 0 Å². The molecule has 5 rings (SSSR count). The zero-order valence-electron chi connectivity index (χ0n) is 16.8. The fraction of sp³-hybridized carbons (Fsp3) is 0.0435. The summed E-state index contributed by atoms with van der Waals surface area (Å²) in [5.41, 5.74) is 1.18. The van der Waals surface area contributed by atoms with Gasteiger partial charge in [0.15, 0.2) is 5.13 Å². The van der Waals surface area contributed by atoms with Crippen LogP contribution < -0.4 is 4.90 Å². The third kappa shape index (κ3) is 3.42. The molecule has 1 atom stereocenters. The van der Waals surface area contributed by atoms with Crippen molar-refractivity contribution in [3.05, 3.63) is 99.9 Å². The van der Waals surface area contributed by atoms with Crippen molar-refractivity contribution in [2.45, 2.75) is 6.04 Å². The smallest absolute Gasteiger partial charge is 0.301 e. The Morgan fingerprint density at radius 3 is 2.58 bits per heavy atom. The molecule has 2 aromatic carbocycles. The highest BCUT2D eigenvalue weighted by Crippen LogP contribution is 2.44. The van der Waals surface area contributed by atoms with Crippen molar-refractivity contribution < 1.29 is 19.6 Å². The molecule has 0 aliphatic carbocycles. The first-order valence-electron chi connectivity index (χ1n) is 9.77. The molecule has 0 saturated carbocycles.